The number of halogens is 2. The van der Waals surface area contributed by atoms with Crippen molar-refractivity contribution < 1.29 is 4.74 Å². The summed E-state index contributed by atoms with van der Waals surface area (Å²) < 4.78 is 5.27. The summed E-state index contributed by atoms with van der Waals surface area (Å²) >= 11 is 5.91. The maximum absolute atomic E-state index is 5.91. The number of nitrogens with one attached hydrogen (secondary N) is 1. The third-order valence-corrected chi connectivity index (χ3v) is 3.50. The second-order valence-corrected chi connectivity index (χ2v) is 6.01. The molecule has 0 aromatic heterocycles. The molecule has 0 amide bonds. The molecule has 4 nitrogen and oxygen atoms in total. The lowest BCUT2D eigenvalue weighted by atomic mass is 9.85. The van der Waals surface area contributed by atoms with Crippen molar-refractivity contribution in [2.45, 2.75) is 32.6 Å². The second kappa shape index (κ2) is 11.1. The molecule has 0 spiro atoms. The zero-order valence-electron chi connectivity index (χ0n) is 13.6. The van der Waals surface area contributed by atoms with Crippen molar-refractivity contribution in [3.05, 3.63) is 34.9 Å². The molecule has 0 radical (unpaired) electrons. The first-order valence-corrected chi connectivity index (χ1v) is 7.71. The highest BCUT2D eigenvalue weighted by Crippen LogP contribution is 2.24. The number of aliphatic imine (C=N–C) groups is 1. The van der Waals surface area contributed by atoms with Crippen LogP contribution in [-0.2, 0) is 10.2 Å². The number of ether oxygens (including phenoxy) is 1. The van der Waals surface area contributed by atoms with Crippen LogP contribution in [0.5, 0.6) is 0 Å². The van der Waals surface area contributed by atoms with E-state index in [-0.39, 0.29) is 29.4 Å². The Hall–Kier alpha value is -0.530. The summed E-state index contributed by atoms with van der Waals surface area (Å²) in [4.78, 5) is 4.42. The Bertz CT molecular complexity index is 449. The first kappa shape index (κ1) is 21.5. The van der Waals surface area contributed by atoms with Crippen LogP contribution in [0.1, 0.15) is 32.8 Å². The van der Waals surface area contributed by atoms with Crippen LogP contribution in [0.25, 0.3) is 0 Å². The summed E-state index contributed by atoms with van der Waals surface area (Å²) in [6.07, 6.45) is 0.921. The van der Waals surface area contributed by atoms with Gasteiger partial charge in [-0.25, -0.2) is 0 Å². The van der Waals surface area contributed by atoms with Gasteiger partial charge in [0.2, 0.25) is 0 Å². The van der Waals surface area contributed by atoms with Gasteiger partial charge in [0.15, 0.2) is 5.96 Å². The fourth-order valence-corrected chi connectivity index (χ4v) is 1.99. The maximum Gasteiger partial charge on any atom is 0.188 e. The molecular formula is C16H27ClIN3O. The van der Waals surface area contributed by atoms with Crippen molar-refractivity contribution in [2.24, 2.45) is 10.7 Å². The van der Waals surface area contributed by atoms with E-state index in [1.807, 2.05) is 31.2 Å². The molecule has 1 aromatic rings. The van der Waals surface area contributed by atoms with Gasteiger partial charge in [0.05, 0.1) is 6.54 Å². The molecule has 0 fully saturated rings. The van der Waals surface area contributed by atoms with Crippen LogP contribution < -0.4 is 11.1 Å². The lowest BCUT2D eigenvalue weighted by molar-refractivity contribution is 0.145. The fraction of sp³-hybridized carbons (Fsp3) is 0.562. The van der Waals surface area contributed by atoms with Crippen molar-refractivity contribution in [3.8, 4) is 0 Å². The molecule has 3 N–H and O–H groups in total. The Morgan fingerprint density at radius 3 is 2.55 bits per heavy atom. The highest BCUT2D eigenvalue weighted by atomic mass is 127. The van der Waals surface area contributed by atoms with Crippen LogP contribution in [0, 0.1) is 0 Å². The first-order valence-electron chi connectivity index (χ1n) is 7.33. The number of rotatable bonds is 8. The summed E-state index contributed by atoms with van der Waals surface area (Å²) in [5.74, 6) is 0.480. The average molecular weight is 440 g/mol. The molecule has 0 unspecified atom stereocenters. The second-order valence-electron chi connectivity index (χ2n) is 5.57. The van der Waals surface area contributed by atoms with Crippen molar-refractivity contribution in [2.75, 3.05) is 26.3 Å². The van der Waals surface area contributed by atoms with E-state index in [4.69, 9.17) is 22.1 Å². The number of nitrogens with two attached hydrogens (primary N) is 1. The van der Waals surface area contributed by atoms with Crippen LogP contribution >= 0.6 is 35.6 Å². The zero-order chi connectivity index (χ0) is 15.7. The third-order valence-electron chi connectivity index (χ3n) is 3.25. The number of benzene rings is 1. The third kappa shape index (κ3) is 8.19. The Labute approximate surface area is 155 Å². The highest BCUT2D eigenvalue weighted by molar-refractivity contribution is 14.0. The molecular weight excluding hydrogens is 413 g/mol. The average Bonchev–Trinajstić information content (AvgIpc) is 2.45. The quantitative estimate of drug-likeness (QED) is 0.282. The molecule has 0 atom stereocenters. The fourth-order valence-electron chi connectivity index (χ4n) is 1.87. The van der Waals surface area contributed by atoms with Gasteiger partial charge in [0.1, 0.15) is 0 Å². The van der Waals surface area contributed by atoms with E-state index < -0.39 is 0 Å². The van der Waals surface area contributed by atoms with Gasteiger partial charge in [0.25, 0.3) is 0 Å². The maximum atomic E-state index is 5.91. The van der Waals surface area contributed by atoms with Gasteiger partial charge in [-0.1, -0.05) is 37.6 Å². The summed E-state index contributed by atoms with van der Waals surface area (Å²) in [5.41, 5.74) is 6.99. The number of guanidine groups is 1. The molecule has 1 rings (SSSR count). The summed E-state index contributed by atoms with van der Waals surface area (Å²) in [6, 6.07) is 7.86. The van der Waals surface area contributed by atoms with E-state index in [9.17, 15) is 0 Å². The molecule has 0 saturated carbocycles. The van der Waals surface area contributed by atoms with Crippen LogP contribution in [0.3, 0.4) is 0 Å². The van der Waals surface area contributed by atoms with E-state index in [1.165, 1.54) is 5.56 Å². The van der Waals surface area contributed by atoms with Gasteiger partial charge in [0, 0.05) is 30.2 Å². The molecule has 22 heavy (non-hydrogen) atoms. The van der Waals surface area contributed by atoms with Crippen LogP contribution in [0.4, 0.5) is 0 Å². The Balaban J connectivity index is 0.00000441. The number of nitrogens with zero attached hydrogens (tertiary/aromatic N) is 1. The molecule has 0 aliphatic heterocycles. The van der Waals surface area contributed by atoms with Crippen LogP contribution in [-0.4, -0.2) is 32.3 Å². The molecule has 6 heteroatoms. The molecule has 0 heterocycles. The molecule has 0 aliphatic carbocycles. The van der Waals surface area contributed by atoms with Gasteiger partial charge >= 0.3 is 0 Å². The SMILES string of the molecule is CCOCCCNC(N)=NCC(C)(C)c1ccc(Cl)cc1.I. The summed E-state index contributed by atoms with van der Waals surface area (Å²) in [6.45, 7) is 9.16. The Morgan fingerprint density at radius 1 is 1.32 bits per heavy atom. The minimum absolute atomic E-state index is 0. The van der Waals surface area contributed by atoms with Crippen molar-refractivity contribution in [3.63, 3.8) is 0 Å². The summed E-state index contributed by atoms with van der Waals surface area (Å²) in [7, 11) is 0. The minimum Gasteiger partial charge on any atom is -0.382 e. The molecule has 0 aliphatic rings. The van der Waals surface area contributed by atoms with Gasteiger partial charge in [-0.2, -0.15) is 0 Å². The largest absolute Gasteiger partial charge is 0.382 e. The van der Waals surface area contributed by atoms with E-state index in [0.29, 0.717) is 12.5 Å². The molecule has 0 saturated heterocycles. The van der Waals surface area contributed by atoms with E-state index >= 15 is 0 Å². The van der Waals surface area contributed by atoms with E-state index in [1.54, 1.807) is 0 Å². The predicted octanol–water partition coefficient (Wildman–Crippen LogP) is 3.57. The Morgan fingerprint density at radius 2 is 1.95 bits per heavy atom. The number of hydrogen-bond acceptors (Lipinski definition) is 2. The number of hydrogen-bond donors (Lipinski definition) is 2. The van der Waals surface area contributed by atoms with Crippen molar-refractivity contribution >= 4 is 41.5 Å². The standard InChI is InChI=1S/C16H26ClN3O.HI/c1-4-21-11-5-10-19-15(18)20-12-16(2,3)13-6-8-14(17)9-7-13;/h6-9H,4-5,10-12H2,1-3H3,(H3,18,19,20);1H. The molecule has 126 valence electrons. The Kier molecular flexibility index (Phi) is 10.8. The topological polar surface area (TPSA) is 59.6 Å². The van der Waals surface area contributed by atoms with Gasteiger partial charge in [-0.15, -0.1) is 24.0 Å². The van der Waals surface area contributed by atoms with Crippen molar-refractivity contribution in [1.29, 1.82) is 0 Å². The monoisotopic (exact) mass is 439 g/mol. The van der Waals surface area contributed by atoms with E-state index in [0.717, 1.165) is 31.2 Å². The molecule has 0 bridgehead atoms. The van der Waals surface area contributed by atoms with Crippen molar-refractivity contribution in [1.82, 2.24) is 5.32 Å². The summed E-state index contributed by atoms with van der Waals surface area (Å²) in [5, 5.41) is 3.85. The van der Waals surface area contributed by atoms with Crippen LogP contribution in [0.15, 0.2) is 29.3 Å². The predicted molar refractivity (Wildman–Crippen MR) is 105 cm³/mol. The molecule has 1 aromatic carbocycles. The smallest absolute Gasteiger partial charge is 0.188 e. The van der Waals surface area contributed by atoms with Gasteiger partial charge in [-0.05, 0) is 31.0 Å². The zero-order valence-corrected chi connectivity index (χ0v) is 16.7. The lowest BCUT2D eigenvalue weighted by Gasteiger charge is -2.23. The normalized spacial score (nSPS) is 11.9. The van der Waals surface area contributed by atoms with Gasteiger partial charge < -0.3 is 15.8 Å². The lowest BCUT2D eigenvalue weighted by Crippen LogP contribution is -2.34. The first-order chi connectivity index (χ1) is 9.95. The minimum atomic E-state index is -0.0811. The van der Waals surface area contributed by atoms with Gasteiger partial charge in [-0.3, -0.25) is 4.99 Å². The highest BCUT2D eigenvalue weighted by Gasteiger charge is 2.20. The van der Waals surface area contributed by atoms with E-state index in [2.05, 4.69) is 24.2 Å². The van der Waals surface area contributed by atoms with Crippen LogP contribution in [0.2, 0.25) is 5.02 Å².